The molecule has 0 amide bonds. The fourth-order valence-electron chi connectivity index (χ4n) is 2.03. The molecule has 0 fully saturated rings. The highest BCUT2D eigenvalue weighted by Crippen LogP contribution is 2.32. The predicted octanol–water partition coefficient (Wildman–Crippen LogP) is 3.83. The van der Waals surface area contributed by atoms with E-state index in [0.29, 0.717) is 18.4 Å². The van der Waals surface area contributed by atoms with Gasteiger partial charge < -0.3 is 0 Å². The molecule has 3 heteroatoms. The van der Waals surface area contributed by atoms with Crippen molar-refractivity contribution in [2.24, 2.45) is 21.8 Å². The predicted molar refractivity (Wildman–Crippen MR) is 77.7 cm³/mol. The Balaban J connectivity index is 2.31. The van der Waals surface area contributed by atoms with Gasteiger partial charge in [0.05, 0.1) is 17.3 Å². The first-order chi connectivity index (χ1) is 8.16. The van der Waals surface area contributed by atoms with E-state index in [1.165, 1.54) is 0 Å². The van der Waals surface area contributed by atoms with Gasteiger partial charge in [0, 0.05) is 10.8 Å². The number of nitrogens with zero attached hydrogens (tertiary/aromatic N) is 2. The summed E-state index contributed by atoms with van der Waals surface area (Å²) in [6.45, 7) is 10.9. The standard InChI is InChI=1S/C14H18N2S/c1-10-6-7-13-5-4-8-15-9-11(2)17-14(16-10)12(13)3/h6-8,12-13H,1-2,4-5,9H2,3H3. The second-order valence-corrected chi connectivity index (χ2v) is 5.69. The van der Waals surface area contributed by atoms with Gasteiger partial charge in [0.1, 0.15) is 0 Å². The van der Waals surface area contributed by atoms with E-state index in [9.17, 15) is 0 Å². The minimum absolute atomic E-state index is 0.443. The zero-order chi connectivity index (χ0) is 12.3. The molecule has 0 spiro atoms. The molecule has 0 aromatic rings. The summed E-state index contributed by atoms with van der Waals surface area (Å²) in [7, 11) is 0. The Morgan fingerprint density at radius 1 is 1.41 bits per heavy atom. The summed E-state index contributed by atoms with van der Waals surface area (Å²) < 4.78 is 0. The van der Waals surface area contributed by atoms with Crippen molar-refractivity contribution in [2.75, 3.05) is 6.54 Å². The van der Waals surface area contributed by atoms with Gasteiger partial charge in [-0.05, 0) is 31.1 Å². The van der Waals surface area contributed by atoms with E-state index in [1.807, 2.05) is 12.3 Å². The van der Waals surface area contributed by atoms with E-state index in [2.05, 4.69) is 36.1 Å². The van der Waals surface area contributed by atoms with Gasteiger partial charge in [-0.15, -0.1) is 0 Å². The zero-order valence-electron chi connectivity index (χ0n) is 10.2. The van der Waals surface area contributed by atoms with E-state index in [-0.39, 0.29) is 0 Å². The first-order valence-corrected chi connectivity index (χ1v) is 6.78. The van der Waals surface area contributed by atoms with Crippen LogP contribution in [0, 0.1) is 11.8 Å². The summed E-state index contributed by atoms with van der Waals surface area (Å²) in [6.07, 6.45) is 8.44. The lowest BCUT2D eigenvalue weighted by atomic mass is 9.90. The normalized spacial score (nSPS) is 29.8. The Hall–Kier alpha value is -1.09. The summed E-state index contributed by atoms with van der Waals surface area (Å²) >= 11 is 1.66. The highest BCUT2D eigenvalue weighted by atomic mass is 32.2. The Morgan fingerprint density at radius 3 is 3.06 bits per heavy atom. The summed E-state index contributed by atoms with van der Waals surface area (Å²) in [4.78, 5) is 10.0. The molecule has 0 aliphatic carbocycles. The summed E-state index contributed by atoms with van der Waals surface area (Å²) in [6, 6.07) is 0. The fourth-order valence-corrected chi connectivity index (χ4v) is 2.99. The number of hydrogen-bond donors (Lipinski definition) is 0. The molecule has 2 nitrogen and oxygen atoms in total. The third-order valence-electron chi connectivity index (χ3n) is 3.10. The monoisotopic (exact) mass is 246 g/mol. The van der Waals surface area contributed by atoms with E-state index in [1.54, 1.807) is 11.8 Å². The maximum Gasteiger partial charge on any atom is 0.0817 e. The zero-order valence-corrected chi connectivity index (χ0v) is 11.0. The highest BCUT2D eigenvalue weighted by molar-refractivity contribution is 8.17. The van der Waals surface area contributed by atoms with Gasteiger partial charge in [0.2, 0.25) is 0 Å². The molecule has 0 aromatic heterocycles. The van der Waals surface area contributed by atoms with Crippen LogP contribution in [0.1, 0.15) is 19.8 Å². The van der Waals surface area contributed by atoms with Crippen molar-refractivity contribution in [1.82, 2.24) is 0 Å². The third-order valence-corrected chi connectivity index (χ3v) is 4.19. The smallest absolute Gasteiger partial charge is 0.0817 e. The molecule has 0 saturated carbocycles. The van der Waals surface area contributed by atoms with Crippen LogP contribution >= 0.6 is 11.8 Å². The molecular weight excluding hydrogens is 228 g/mol. The second kappa shape index (κ2) is 5.50. The van der Waals surface area contributed by atoms with E-state index < -0.39 is 0 Å². The Labute approximate surface area is 107 Å². The van der Waals surface area contributed by atoms with Crippen LogP contribution in [0.4, 0.5) is 0 Å². The molecular formula is C14H18N2S. The van der Waals surface area contributed by atoms with Crippen LogP contribution in [0.2, 0.25) is 0 Å². The van der Waals surface area contributed by atoms with Crippen molar-refractivity contribution in [1.29, 1.82) is 0 Å². The number of aliphatic imine (C=N–C) groups is 2. The van der Waals surface area contributed by atoms with Crippen LogP contribution < -0.4 is 0 Å². The number of thioether (sulfide) groups is 1. The van der Waals surface area contributed by atoms with E-state index in [4.69, 9.17) is 0 Å². The summed E-state index contributed by atoms with van der Waals surface area (Å²) in [5.74, 6) is 0.969. The minimum atomic E-state index is 0.443. The van der Waals surface area contributed by atoms with E-state index >= 15 is 0 Å². The number of hydrogen-bond acceptors (Lipinski definition) is 3. The molecule has 0 saturated heterocycles. The lowest BCUT2D eigenvalue weighted by Crippen LogP contribution is -2.17. The van der Waals surface area contributed by atoms with Crippen LogP contribution in [-0.4, -0.2) is 17.8 Å². The number of fused-ring (bicyclic) bond motifs is 2. The van der Waals surface area contributed by atoms with Crippen molar-refractivity contribution in [3.05, 3.63) is 35.9 Å². The molecule has 2 rings (SSSR count). The maximum atomic E-state index is 4.59. The van der Waals surface area contributed by atoms with Crippen molar-refractivity contribution >= 4 is 23.0 Å². The molecule has 2 aliphatic heterocycles. The Bertz CT molecular complexity index is 418. The maximum absolute atomic E-state index is 4.59. The molecule has 2 bridgehead atoms. The van der Waals surface area contributed by atoms with Crippen molar-refractivity contribution in [3.8, 4) is 0 Å². The molecule has 90 valence electrons. The quantitative estimate of drug-likeness (QED) is 0.637. The molecule has 0 N–H and O–H groups in total. The average molecular weight is 246 g/mol. The van der Waals surface area contributed by atoms with Crippen LogP contribution in [0.15, 0.2) is 45.9 Å². The largest absolute Gasteiger partial charge is 0.292 e. The van der Waals surface area contributed by atoms with Crippen LogP contribution in [0.25, 0.3) is 0 Å². The summed E-state index contributed by atoms with van der Waals surface area (Å²) in [5.41, 5.74) is 0.842. The molecule has 2 unspecified atom stereocenters. The van der Waals surface area contributed by atoms with Crippen molar-refractivity contribution < 1.29 is 0 Å². The Morgan fingerprint density at radius 2 is 2.24 bits per heavy atom. The number of allylic oxidation sites excluding steroid dienone is 2. The van der Waals surface area contributed by atoms with Crippen LogP contribution in [-0.2, 0) is 0 Å². The molecule has 2 aliphatic rings. The lowest BCUT2D eigenvalue weighted by Gasteiger charge is -2.21. The van der Waals surface area contributed by atoms with Gasteiger partial charge in [-0.25, -0.2) is 4.99 Å². The number of rotatable bonds is 0. The third kappa shape index (κ3) is 3.19. The SMILES string of the molecule is C=C1C=CC2CCC=NCC(=C)SC(=N1)C2C. The fraction of sp³-hybridized carbons (Fsp3) is 0.429. The second-order valence-electron chi connectivity index (χ2n) is 4.49. The van der Waals surface area contributed by atoms with Gasteiger partial charge in [0.25, 0.3) is 0 Å². The molecule has 2 atom stereocenters. The molecule has 0 radical (unpaired) electrons. The first kappa shape index (κ1) is 12.4. The minimum Gasteiger partial charge on any atom is -0.292 e. The topological polar surface area (TPSA) is 24.7 Å². The van der Waals surface area contributed by atoms with Gasteiger partial charge in [-0.3, -0.25) is 4.99 Å². The molecule has 2 heterocycles. The van der Waals surface area contributed by atoms with Gasteiger partial charge >= 0.3 is 0 Å². The lowest BCUT2D eigenvalue weighted by molar-refractivity contribution is 0.517. The van der Waals surface area contributed by atoms with Crippen LogP contribution in [0.3, 0.4) is 0 Å². The molecule has 0 aromatic carbocycles. The van der Waals surface area contributed by atoms with Gasteiger partial charge in [0.15, 0.2) is 0 Å². The van der Waals surface area contributed by atoms with Gasteiger partial charge in [-0.2, -0.15) is 0 Å². The highest BCUT2D eigenvalue weighted by Gasteiger charge is 2.23. The van der Waals surface area contributed by atoms with Crippen molar-refractivity contribution in [3.63, 3.8) is 0 Å². The van der Waals surface area contributed by atoms with Crippen LogP contribution in [0.5, 0.6) is 0 Å². The Kier molecular flexibility index (Phi) is 4.00. The van der Waals surface area contributed by atoms with Gasteiger partial charge in [-0.1, -0.05) is 37.9 Å². The average Bonchev–Trinajstić information content (AvgIpc) is 2.41. The molecule has 17 heavy (non-hydrogen) atoms. The summed E-state index contributed by atoms with van der Waals surface area (Å²) in [5, 5.41) is 1.13. The van der Waals surface area contributed by atoms with Crippen molar-refractivity contribution in [2.45, 2.75) is 19.8 Å². The van der Waals surface area contributed by atoms with E-state index in [0.717, 1.165) is 28.5 Å². The first-order valence-electron chi connectivity index (χ1n) is 5.96.